The number of hydrogen-bond acceptors (Lipinski definition) is 9. The van der Waals surface area contributed by atoms with Crippen molar-refractivity contribution in [3.05, 3.63) is 65.8 Å². The quantitative estimate of drug-likeness (QED) is 0.199. The molecule has 9 nitrogen and oxygen atoms in total. The fourth-order valence-corrected chi connectivity index (χ4v) is 4.52. The Bertz CT molecular complexity index is 1130. The maximum atomic E-state index is 12.4. The summed E-state index contributed by atoms with van der Waals surface area (Å²) in [6.07, 6.45) is 1.76. The number of nitrogens with zero attached hydrogens (tertiary/aromatic N) is 5. The molecule has 1 aromatic carbocycles. The van der Waals surface area contributed by atoms with Crippen molar-refractivity contribution in [2.24, 2.45) is 0 Å². The molecule has 0 unspecified atom stereocenters. The van der Waals surface area contributed by atoms with Gasteiger partial charge in [-0.25, -0.2) is 14.8 Å². The Balaban J connectivity index is 1.60. The van der Waals surface area contributed by atoms with Crippen LogP contribution in [0.4, 0.5) is 5.69 Å². The monoisotopic (exact) mass is 484 g/mol. The van der Waals surface area contributed by atoms with E-state index in [0.717, 1.165) is 17.2 Å². The van der Waals surface area contributed by atoms with Gasteiger partial charge in [0.05, 0.1) is 24.2 Å². The molecule has 1 N–H and O–H groups in total. The van der Waals surface area contributed by atoms with Crippen molar-refractivity contribution in [1.82, 2.24) is 24.7 Å². The summed E-state index contributed by atoms with van der Waals surface area (Å²) in [5.41, 5.74) is 2.84. The number of ether oxygens (including phenoxy) is 1. The van der Waals surface area contributed by atoms with Gasteiger partial charge in [0, 0.05) is 23.6 Å². The maximum Gasteiger partial charge on any atom is 0.337 e. The van der Waals surface area contributed by atoms with Crippen molar-refractivity contribution < 1.29 is 14.3 Å². The van der Waals surface area contributed by atoms with Gasteiger partial charge < -0.3 is 14.6 Å². The van der Waals surface area contributed by atoms with E-state index in [9.17, 15) is 9.59 Å². The van der Waals surface area contributed by atoms with Crippen molar-refractivity contribution in [2.75, 3.05) is 18.2 Å². The van der Waals surface area contributed by atoms with Crippen LogP contribution in [0.25, 0.3) is 0 Å². The number of benzene rings is 1. The first kappa shape index (κ1) is 24.5. The summed E-state index contributed by atoms with van der Waals surface area (Å²) in [6, 6.07) is 8.42. The first-order valence-electron chi connectivity index (χ1n) is 9.98. The minimum atomic E-state index is -0.428. The number of thioether (sulfide) groups is 2. The smallest absolute Gasteiger partial charge is 0.337 e. The van der Waals surface area contributed by atoms with Gasteiger partial charge in [-0.1, -0.05) is 29.6 Å². The summed E-state index contributed by atoms with van der Waals surface area (Å²) in [4.78, 5) is 32.8. The lowest BCUT2D eigenvalue weighted by Gasteiger charge is -2.08. The second kappa shape index (κ2) is 11.6. The van der Waals surface area contributed by atoms with E-state index < -0.39 is 5.97 Å². The lowest BCUT2D eigenvalue weighted by atomic mass is 10.2. The SMILES string of the molecule is C=CCn1c(CSc2nc(C)cc(C)n2)nnc1SCC(=O)Nc1ccc(C(=O)OC)cc1. The number of carbonyl (C=O) groups is 2. The van der Waals surface area contributed by atoms with Crippen molar-refractivity contribution in [1.29, 1.82) is 0 Å². The van der Waals surface area contributed by atoms with Crippen molar-refractivity contribution in [3.8, 4) is 0 Å². The summed E-state index contributed by atoms with van der Waals surface area (Å²) >= 11 is 2.77. The number of allylic oxidation sites excluding steroid dienone is 1. The fraction of sp³-hybridized carbons (Fsp3) is 0.273. The summed E-state index contributed by atoms with van der Waals surface area (Å²) in [6.45, 7) is 8.20. The molecule has 172 valence electrons. The molecule has 2 heterocycles. The Kier molecular flexibility index (Phi) is 8.61. The third-order valence-corrected chi connectivity index (χ3v) is 6.13. The predicted octanol–water partition coefficient (Wildman–Crippen LogP) is 3.68. The van der Waals surface area contributed by atoms with Crippen LogP contribution in [0.5, 0.6) is 0 Å². The number of aryl methyl sites for hydroxylation is 2. The molecule has 0 bridgehead atoms. The number of methoxy groups -OCH3 is 1. The highest BCUT2D eigenvalue weighted by Gasteiger charge is 2.15. The van der Waals surface area contributed by atoms with E-state index in [4.69, 9.17) is 0 Å². The van der Waals surface area contributed by atoms with E-state index in [0.29, 0.717) is 33.9 Å². The Hall–Kier alpha value is -3.18. The van der Waals surface area contributed by atoms with Crippen LogP contribution in [-0.2, 0) is 21.8 Å². The van der Waals surface area contributed by atoms with E-state index in [1.807, 2.05) is 24.5 Å². The molecule has 0 saturated carbocycles. The molecule has 0 spiro atoms. The lowest BCUT2D eigenvalue weighted by molar-refractivity contribution is -0.113. The average molecular weight is 485 g/mol. The van der Waals surface area contributed by atoms with Crippen LogP contribution in [0.2, 0.25) is 0 Å². The molecule has 2 aromatic heterocycles. The largest absolute Gasteiger partial charge is 0.465 e. The first-order chi connectivity index (χ1) is 15.9. The van der Waals surface area contributed by atoms with Crippen molar-refractivity contribution in [3.63, 3.8) is 0 Å². The minimum Gasteiger partial charge on any atom is -0.465 e. The number of anilines is 1. The zero-order chi connectivity index (χ0) is 23.8. The van der Waals surface area contributed by atoms with Crippen LogP contribution >= 0.6 is 23.5 Å². The van der Waals surface area contributed by atoms with Gasteiger partial charge in [-0.2, -0.15) is 0 Å². The number of rotatable bonds is 10. The van der Waals surface area contributed by atoms with Gasteiger partial charge in [0.15, 0.2) is 10.3 Å². The normalized spacial score (nSPS) is 10.6. The Morgan fingerprint density at radius 3 is 2.45 bits per heavy atom. The second-order valence-corrected chi connectivity index (χ2v) is 8.81. The molecule has 0 saturated heterocycles. The topological polar surface area (TPSA) is 112 Å². The molecular formula is C22H24N6O3S2. The summed E-state index contributed by atoms with van der Waals surface area (Å²) in [5, 5.41) is 12.6. The number of esters is 1. The number of hydrogen-bond donors (Lipinski definition) is 1. The van der Waals surface area contributed by atoms with Gasteiger partial charge in [0.2, 0.25) is 5.91 Å². The maximum absolute atomic E-state index is 12.4. The molecule has 1 amide bonds. The van der Waals surface area contributed by atoms with Crippen LogP contribution in [0.3, 0.4) is 0 Å². The average Bonchev–Trinajstić information content (AvgIpc) is 3.17. The number of amides is 1. The minimum absolute atomic E-state index is 0.154. The molecule has 33 heavy (non-hydrogen) atoms. The van der Waals surface area contributed by atoms with Gasteiger partial charge in [0.25, 0.3) is 0 Å². The highest BCUT2D eigenvalue weighted by atomic mass is 32.2. The van der Waals surface area contributed by atoms with Crippen LogP contribution in [0.15, 0.2) is 53.3 Å². The standard InChI is InChI=1S/C22H24N6O3S2/c1-5-10-28-18(12-32-21-23-14(2)11-15(3)24-21)26-27-22(28)33-13-19(29)25-17-8-6-16(7-9-17)20(30)31-4/h5-9,11H,1,10,12-13H2,2-4H3,(H,25,29). The van der Waals surface area contributed by atoms with E-state index in [-0.39, 0.29) is 11.7 Å². The van der Waals surface area contributed by atoms with Gasteiger partial charge >= 0.3 is 5.97 Å². The molecule has 0 aliphatic rings. The summed E-state index contributed by atoms with van der Waals surface area (Å²) < 4.78 is 6.59. The Morgan fingerprint density at radius 1 is 1.12 bits per heavy atom. The highest BCUT2D eigenvalue weighted by molar-refractivity contribution is 7.99. The Labute approximate surface area is 200 Å². The molecule has 0 aliphatic carbocycles. The van der Waals surface area contributed by atoms with E-state index >= 15 is 0 Å². The molecule has 3 rings (SSSR count). The summed E-state index contributed by atoms with van der Waals surface area (Å²) in [7, 11) is 1.32. The van der Waals surface area contributed by atoms with Crippen LogP contribution < -0.4 is 5.32 Å². The van der Waals surface area contributed by atoms with Crippen LogP contribution in [0.1, 0.15) is 27.6 Å². The third-order valence-electron chi connectivity index (χ3n) is 4.32. The van der Waals surface area contributed by atoms with Gasteiger partial charge in [-0.05, 0) is 44.2 Å². The van der Waals surface area contributed by atoms with Crippen LogP contribution in [-0.4, -0.2) is 49.5 Å². The molecule has 11 heteroatoms. The fourth-order valence-electron chi connectivity index (χ4n) is 2.87. The van der Waals surface area contributed by atoms with Gasteiger partial charge in [-0.15, -0.1) is 16.8 Å². The number of carbonyl (C=O) groups excluding carboxylic acids is 2. The number of nitrogens with one attached hydrogen (secondary N) is 1. The summed E-state index contributed by atoms with van der Waals surface area (Å²) in [5.74, 6) is 0.829. The van der Waals surface area contributed by atoms with Crippen molar-refractivity contribution >= 4 is 41.1 Å². The lowest BCUT2D eigenvalue weighted by Crippen LogP contribution is -2.15. The van der Waals surface area contributed by atoms with E-state index in [2.05, 4.69) is 36.8 Å². The molecular weight excluding hydrogens is 460 g/mol. The molecule has 0 radical (unpaired) electrons. The highest BCUT2D eigenvalue weighted by Crippen LogP contribution is 2.23. The number of aromatic nitrogens is 5. The first-order valence-corrected chi connectivity index (χ1v) is 12.0. The molecule has 0 atom stereocenters. The van der Waals surface area contributed by atoms with E-state index in [1.165, 1.54) is 30.6 Å². The predicted molar refractivity (Wildman–Crippen MR) is 128 cm³/mol. The second-order valence-electron chi connectivity index (χ2n) is 6.93. The zero-order valence-electron chi connectivity index (χ0n) is 18.6. The van der Waals surface area contributed by atoms with Crippen LogP contribution in [0, 0.1) is 13.8 Å². The zero-order valence-corrected chi connectivity index (χ0v) is 20.2. The molecule has 0 aliphatic heterocycles. The third kappa shape index (κ3) is 6.90. The van der Waals surface area contributed by atoms with Crippen molar-refractivity contribution in [2.45, 2.75) is 36.5 Å². The molecule has 0 fully saturated rings. The Morgan fingerprint density at radius 2 is 1.82 bits per heavy atom. The van der Waals surface area contributed by atoms with Gasteiger partial charge in [0.1, 0.15) is 5.82 Å². The van der Waals surface area contributed by atoms with Gasteiger partial charge in [-0.3, -0.25) is 4.79 Å². The van der Waals surface area contributed by atoms with E-state index in [1.54, 1.807) is 30.3 Å². The molecule has 3 aromatic rings.